The van der Waals surface area contributed by atoms with Crippen LogP contribution in [0.2, 0.25) is 0 Å². The number of anilines is 1. The molecule has 162 valence electrons. The second-order valence-electron chi connectivity index (χ2n) is 7.44. The number of methoxy groups -OCH3 is 2. The first kappa shape index (κ1) is 21.2. The molecule has 2 aromatic carbocycles. The first-order valence-corrected chi connectivity index (χ1v) is 11.4. The van der Waals surface area contributed by atoms with E-state index in [2.05, 4.69) is 5.32 Å². The molecule has 2 aliphatic rings. The van der Waals surface area contributed by atoms with Gasteiger partial charge >= 0.3 is 6.03 Å². The number of hydrogen-bond donors (Lipinski definition) is 1. The molecule has 0 aliphatic carbocycles. The summed E-state index contributed by atoms with van der Waals surface area (Å²) in [6.45, 7) is 1.20. The molecule has 1 N–H and O–H groups in total. The van der Waals surface area contributed by atoms with E-state index in [9.17, 15) is 4.79 Å². The molecular weight excluding hydrogens is 412 g/mol. The lowest BCUT2D eigenvalue weighted by Gasteiger charge is -2.35. The van der Waals surface area contributed by atoms with Crippen LogP contribution >= 0.6 is 11.8 Å². The highest BCUT2D eigenvalue weighted by Gasteiger charge is 2.40. The van der Waals surface area contributed by atoms with Crippen LogP contribution in [-0.4, -0.2) is 60.9 Å². The van der Waals surface area contributed by atoms with Crippen LogP contribution in [0.4, 0.5) is 10.5 Å². The van der Waals surface area contributed by atoms with Crippen molar-refractivity contribution in [3.63, 3.8) is 0 Å². The smallest absolute Gasteiger partial charge is 0.321 e. The lowest BCUT2D eigenvalue weighted by molar-refractivity contribution is 0.175. The zero-order valence-electron chi connectivity index (χ0n) is 17.9. The molecule has 0 atom stereocenters. The SMILES string of the molecule is COc1ccc(C2=NC3(CCN(C(=O)Nc4cccc(OC)c4)CC3)N=C2SC)cc1. The number of amides is 2. The number of nitrogens with zero attached hydrogens (tertiary/aromatic N) is 3. The van der Waals surface area contributed by atoms with E-state index in [-0.39, 0.29) is 6.03 Å². The number of carbonyl (C=O) groups is 1. The second kappa shape index (κ2) is 9.01. The standard InChI is InChI=1S/C23H26N4O3S/c1-29-18-9-7-16(8-10-18)20-21(31-3)26-23(25-20)11-13-27(14-12-23)22(28)24-17-5-4-6-19(15-17)30-2/h4-10,15H,11-14H2,1-3H3,(H,24,28). The van der Waals surface area contributed by atoms with Crippen molar-refractivity contribution in [2.45, 2.75) is 18.5 Å². The van der Waals surface area contributed by atoms with Crippen molar-refractivity contribution in [3.05, 3.63) is 54.1 Å². The Morgan fingerprint density at radius 1 is 1.03 bits per heavy atom. The van der Waals surface area contributed by atoms with Crippen LogP contribution in [-0.2, 0) is 0 Å². The first-order valence-electron chi connectivity index (χ1n) is 10.1. The molecule has 2 amide bonds. The zero-order chi connectivity index (χ0) is 21.8. The summed E-state index contributed by atoms with van der Waals surface area (Å²) in [5.74, 6) is 1.52. The third-order valence-corrected chi connectivity index (χ3v) is 6.23. The number of carbonyl (C=O) groups excluding carboxylic acids is 1. The van der Waals surface area contributed by atoms with Gasteiger partial charge in [0.15, 0.2) is 5.66 Å². The molecule has 2 aliphatic heterocycles. The van der Waals surface area contributed by atoms with Gasteiger partial charge in [-0.2, -0.15) is 0 Å². The van der Waals surface area contributed by atoms with E-state index in [4.69, 9.17) is 19.5 Å². The normalized spacial score (nSPS) is 17.2. The fraction of sp³-hybridized carbons (Fsp3) is 0.348. The fourth-order valence-electron chi connectivity index (χ4n) is 3.80. The summed E-state index contributed by atoms with van der Waals surface area (Å²) in [7, 11) is 3.26. The second-order valence-corrected chi connectivity index (χ2v) is 8.24. The Hall–Kier alpha value is -3.00. The number of thioether (sulfide) groups is 1. The number of nitrogens with one attached hydrogen (secondary N) is 1. The quantitative estimate of drug-likeness (QED) is 0.773. The van der Waals surface area contributed by atoms with Crippen LogP contribution in [0.1, 0.15) is 18.4 Å². The minimum atomic E-state index is -0.486. The Morgan fingerprint density at radius 2 is 1.74 bits per heavy atom. The topological polar surface area (TPSA) is 75.5 Å². The molecule has 0 saturated carbocycles. The van der Waals surface area contributed by atoms with Gasteiger partial charge in [0.05, 0.1) is 19.9 Å². The minimum Gasteiger partial charge on any atom is -0.497 e. The van der Waals surface area contributed by atoms with E-state index >= 15 is 0 Å². The maximum absolute atomic E-state index is 12.7. The molecule has 7 nitrogen and oxygen atoms in total. The fourth-order valence-corrected chi connectivity index (χ4v) is 4.42. The molecule has 8 heteroatoms. The number of hydrogen-bond acceptors (Lipinski definition) is 6. The molecule has 1 spiro atoms. The minimum absolute atomic E-state index is 0.116. The van der Waals surface area contributed by atoms with Gasteiger partial charge in [-0.1, -0.05) is 6.07 Å². The molecule has 0 unspecified atom stereocenters. The molecular formula is C23H26N4O3S. The lowest BCUT2D eigenvalue weighted by Crippen LogP contribution is -2.46. The Morgan fingerprint density at radius 3 is 2.39 bits per heavy atom. The monoisotopic (exact) mass is 438 g/mol. The van der Waals surface area contributed by atoms with Gasteiger partial charge in [-0.05, 0) is 42.7 Å². The number of piperidine rings is 1. The maximum atomic E-state index is 12.7. The lowest BCUT2D eigenvalue weighted by atomic mass is 9.98. The van der Waals surface area contributed by atoms with E-state index in [1.54, 1.807) is 32.0 Å². The van der Waals surface area contributed by atoms with E-state index in [0.29, 0.717) is 37.4 Å². The molecule has 31 heavy (non-hydrogen) atoms. The third kappa shape index (κ3) is 4.54. The Bertz CT molecular complexity index is 1010. The molecule has 1 saturated heterocycles. The largest absolute Gasteiger partial charge is 0.497 e. The van der Waals surface area contributed by atoms with E-state index in [0.717, 1.165) is 22.1 Å². The highest BCUT2D eigenvalue weighted by Crippen LogP contribution is 2.35. The number of likely N-dealkylation sites (tertiary alicyclic amines) is 1. The van der Waals surface area contributed by atoms with Crippen molar-refractivity contribution in [1.29, 1.82) is 0 Å². The van der Waals surface area contributed by atoms with Crippen LogP contribution in [0.5, 0.6) is 11.5 Å². The van der Waals surface area contributed by atoms with Gasteiger partial charge in [0, 0.05) is 43.2 Å². The molecule has 0 aromatic heterocycles. The summed E-state index contributed by atoms with van der Waals surface area (Å²) < 4.78 is 10.5. The van der Waals surface area contributed by atoms with E-state index < -0.39 is 5.66 Å². The van der Waals surface area contributed by atoms with Crippen molar-refractivity contribution in [3.8, 4) is 11.5 Å². The van der Waals surface area contributed by atoms with Crippen molar-refractivity contribution in [2.75, 3.05) is 38.9 Å². The van der Waals surface area contributed by atoms with Gasteiger partial charge in [0.1, 0.15) is 16.5 Å². The summed E-state index contributed by atoms with van der Waals surface area (Å²) in [5, 5.41) is 3.89. The van der Waals surface area contributed by atoms with Gasteiger partial charge in [0.2, 0.25) is 0 Å². The average Bonchev–Trinajstić information content (AvgIpc) is 3.17. The Kier molecular flexibility index (Phi) is 6.18. The maximum Gasteiger partial charge on any atom is 0.321 e. The molecule has 2 heterocycles. The van der Waals surface area contributed by atoms with Crippen molar-refractivity contribution < 1.29 is 14.3 Å². The van der Waals surface area contributed by atoms with Crippen LogP contribution in [0.15, 0.2) is 58.5 Å². The number of rotatable bonds is 4. The van der Waals surface area contributed by atoms with Crippen LogP contribution in [0, 0.1) is 0 Å². The Labute approximate surface area is 186 Å². The number of benzene rings is 2. The third-order valence-electron chi connectivity index (χ3n) is 5.56. The zero-order valence-corrected chi connectivity index (χ0v) is 18.7. The van der Waals surface area contributed by atoms with Crippen LogP contribution in [0.25, 0.3) is 0 Å². The Balaban J connectivity index is 1.44. The summed E-state index contributed by atoms with van der Waals surface area (Å²) in [5.41, 5.74) is 2.18. The molecule has 0 radical (unpaired) electrons. The molecule has 1 fully saturated rings. The van der Waals surface area contributed by atoms with Crippen LogP contribution in [0.3, 0.4) is 0 Å². The van der Waals surface area contributed by atoms with Crippen LogP contribution < -0.4 is 14.8 Å². The number of urea groups is 1. The molecule has 4 rings (SSSR count). The summed E-state index contributed by atoms with van der Waals surface area (Å²) in [6.07, 6.45) is 3.41. The van der Waals surface area contributed by atoms with Crippen molar-refractivity contribution in [2.24, 2.45) is 9.98 Å². The van der Waals surface area contributed by atoms with Gasteiger partial charge < -0.3 is 19.7 Å². The average molecular weight is 439 g/mol. The molecule has 2 aromatic rings. The van der Waals surface area contributed by atoms with Gasteiger partial charge in [0.25, 0.3) is 0 Å². The predicted octanol–water partition coefficient (Wildman–Crippen LogP) is 4.29. The summed E-state index contributed by atoms with van der Waals surface area (Å²) in [6, 6.07) is 15.1. The number of aliphatic imine (C=N–C) groups is 2. The first-order chi connectivity index (χ1) is 15.1. The van der Waals surface area contributed by atoms with Crippen molar-refractivity contribution in [1.82, 2.24) is 4.90 Å². The van der Waals surface area contributed by atoms with Gasteiger partial charge in [-0.3, -0.25) is 4.99 Å². The summed E-state index contributed by atoms with van der Waals surface area (Å²) in [4.78, 5) is 24.5. The molecule has 0 bridgehead atoms. The number of ether oxygens (including phenoxy) is 2. The summed E-state index contributed by atoms with van der Waals surface area (Å²) >= 11 is 1.61. The van der Waals surface area contributed by atoms with E-state index in [1.165, 1.54) is 0 Å². The van der Waals surface area contributed by atoms with Crippen molar-refractivity contribution >= 4 is 34.2 Å². The highest BCUT2D eigenvalue weighted by atomic mass is 32.2. The predicted molar refractivity (Wildman–Crippen MR) is 126 cm³/mol. The van der Waals surface area contributed by atoms with Gasteiger partial charge in [-0.25, -0.2) is 9.79 Å². The highest BCUT2D eigenvalue weighted by molar-refractivity contribution is 8.15. The van der Waals surface area contributed by atoms with E-state index in [1.807, 2.05) is 53.6 Å². The van der Waals surface area contributed by atoms with Gasteiger partial charge in [-0.15, -0.1) is 11.8 Å².